The average molecular weight is 509 g/mol. The monoisotopic (exact) mass is 509 g/mol. The maximum Gasteiger partial charge on any atom is 0.0624 e. The SMILES string of the molecule is CCCC(CC)COCCCCCC[N-]CCN=O.[U]. The van der Waals surface area contributed by atoms with E-state index in [9.17, 15) is 4.91 Å². The van der Waals surface area contributed by atoms with Gasteiger partial charge in [0.2, 0.25) is 0 Å². The van der Waals surface area contributed by atoms with Crippen molar-refractivity contribution in [1.29, 1.82) is 0 Å². The first-order valence-electron chi connectivity index (χ1n) is 7.85. The van der Waals surface area contributed by atoms with Crippen LogP contribution in [0.1, 0.15) is 58.8 Å². The second-order valence-corrected chi connectivity index (χ2v) is 5.08. The van der Waals surface area contributed by atoms with E-state index < -0.39 is 0 Å². The van der Waals surface area contributed by atoms with Gasteiger partial charge in [-0.05, 0) is 18.8 Å². The van der Waals surface area contributed by atoms with Crippen LogP contribution >= 0.6 is 0 Å². The van der Waals surface area contributed by atoms with Crippen LogP contribution in [0.5, 0.6) is 0 Å². The molecule has 0 saturated carbocycles. The summed E-state index contributed by atoms with van der Waals surface area (Å²) in [5.41, 5.74) is 0. The average Bonchev–Trinajstić information content (AvgIpc) is 2.43. The van der Waals surface area contributed by atoms with Crippen LogP contribution in [0.2, 0.25) is 0 Å². The van der Waals surface area contributed by atoms with E-state index in [1.165, 1.54) is 32.1 Å². The molecule has 0 saturated heterocycles. The second kappa shape index (κ2) is 19.6. The van der Waals surface area contributed by atoms with Gasteiger partial charge in [-0.2, -0.15) is 4.91 Å². The van der Waals surface area contributed by atoms with Gasteiger partial charge in [0.25, 0.3) is 0 Å². The van der Waals surface area contributed by atoms with E-state index in [1.807, 2.05) is 0 Å². The third-order valence-electron chi connectivity index (χ3n) is 3.33. The Morgan fingerprint density at radius 3 is 2.50 bits per heavy atom. The Labute approximate surface area is 148 Å². The summed E-state index contributed by atoms with van der Waals surface area (Å²) in [5, 5.41) is 7.00. The first-order valence-corrected chi connectivity index (χ1v) is 7.85. The van der Waals surface area contributed by atoms with Crippen molar-refractivity contribution < 1.29 is 35.9 Å². The van der Waals surface area contributed by atoms with Crippen LogP contribution in [0, 0.1) is 41.9 Å². The van der Waals surface area contributed by atoms with Crippen LogP contribution < -0.4 is 0 Å². The van der Waals surface area contributed by atoms with Crippen molar-refractivity contribution in [3.05, 3.63) is 10.2 Å². The van der Waals surface area contributed by atoms with Crippen molar-refractivity contribution >= 4 is 0 Å². The molecular weight excluding hydrogens is 478 g/mol. The summed E-state index contributed by atoms with van der Waals surface area (Å²) in [5.74, 6) is 0.746. The Balaban J connectivity index is 0. The summed E-state index contributed by atoms with van der Waals surface area (Å²) >= 11 is 0. The number of rotatable bonds is 15. The first kappa shape index (κ1) is 22.8. The Morgan fingerprint density at radius 1 is 1.10 bits per heavy atom. The maximum absolute atomic E-state index is 9.83. The van der Waals surface area contributed by atoms with Crippen molar-refractivity contribution in [1.82, 2.24) is 0 Å². The molecule has 20 heavy (non-hydrogen) atoms. The molecule has 0 bridgehead atoms. The zero-order chi connectivity index (χ0) is 14.2. The number of hydrogen-bond donors (Lipinski definition) is 0. The minimum Gasteiger partial charge on any atom is -0.661 e. The van der Waals surface area contributed by atoms with Gasteiger partial charge in [0.15, 0.2) is 0 Å². The van der Waals surface area contributed by atoms with Crippen LogP contribution in [0.3, 0.4) is 0 Å². The molecule has 0 amide bonds. The van der Waals surface area contributed by atoms with E-state index in [0.29, 0.717) is 13.1 Å². The normalized spacial score (nSPS) is 11.9. The first-order chi connectivity index (χ1) is 9.35. The van der Waals surface area contributed by atoms with E-state index in [2.05, 4.69) is 24.3 Å². The molecule has 4 nitrogen and oxygen atoms in total. The fourth-order valence-corrected chi connectivity index (χ4v) is 2.07. The van der Waals surface area contributed by atoms with Gasteiger partial charge in [0.05, 0.1) is 6.54 Å². The third kappa shape index (κ3) is 16.6. The number of unbranched alkanes of at least 4 members (excludes halogenated alkanes) is 3. The molecule has 1 atom stereocenters. The quantitative estimate of drug-likeness (QED) is 0.241. The molecule has 0 spiro atoms. The van der Waals surface area contributed by atoms with Crippen LogP contribution in [0.25, 0.3) is 5.32 Å². The van der Waals surface area contributed by atoms with Gasteiger partial charge in [-0.15, -0.1) is 13.1 Å². The molecule has 1 unspecified atom stereocenters. The second-order valence-electron chi connectivity index (χ2n) is 5.08. The summed E-state index contributed by atoms with van der Waals surface area (Å²) in [7, 11) is 0. The van der Waals surface area contributed by atoms with Gasteiger partial charge in [0, 0.05) is 44.3 Å². The minimum absolute atomic E-state index is 0. The Morgan fingerprint density at radius 2 is 1.85 bits per heavy atom. The van der Waals surface area contributed by atoms with Gasteiger partial charge in [-0.3, -0.25) is 0 Å². The molecule has 0 aliphatic rings. The van der Waals surface area contributed by atoms with Crippen LogP contribution in [-0.2, 0) is 4.74 Å². The summed E-state index contributed by atoms with van der Waals surface area (Å²) in [6, 6.07) is 0. The van der Waals surface area contributed by atoms with Crippen molar-refractivity contribution in [3.63, 3.8) is 0 Å². The number of nitrogens with zero attached hydrogens (tertiary/aromatic N) is 2. The summed E-state index contributed by atoms with van der Waals surface area (Å²) in [6.45, 7) is 8.08. The van der Waals surface area contributed by atoms with E-state index in [4.69, 9.17) is 4.74 Å². The topological polar surface area (TPSA) is 52.8 Å². The molecule has 0 aromatic rings. The van der Waals surface area contributed by atoms with Gasteiger partial charge >= 0.3 is 0 Å². The van der Waals surface area contributed by atoms with Gasteiger partial charge < -0.3 is 10.1 Å². The Hall–Kier alpha value is 0.572. The van der Waals surface area contributed by atoms with Crippen molar-refractivity contribution in [2.45, 2.75) is 58.8 Å². The molecule has 0 aromatic heterocycles. The van der Waals surface area contributed by atoms with Gasteiger partial charge in [0.1, 0.15) is 0 Å². The summed E-state index contributed by atoms with van der Waals surface area (Å²) in [4.78, 5) is 9.83. The predicted octanol–water partition coefficient (Wildman–Crippen LogP) is 4.53. The third-order valence-corrected chi connectivity index (χ3v) is 3.33. The molecule has 0 aliphatic carbocycles. The standard InChI is InChI=1S/C15H31N2O2.U/c1-3-9-15(4-2)14-19-13-8-6-5-7-10-16-11-12-17-18;/h15H,3-14H2,1-2H3;/q-1;. The van der Waals surface area contributed by atoms with E-state index in [-0.39, 0.29) is 31.1 Å². The van der Waals surface area contributed by atoms with Crippen molar-refractivity contribution in [2.75, 3.05) is 32.8 Å². The predicted molar refractivity (Wildman–Crippen MR) is 81.7 cm³/mol. The van der Waals surface area contributed by atoms with Gasteiger partial charge in [-0.1, -0.05) is 51.1 Å². The van der Waals surface area contributed by atoms with E-state index >= 15 is 0 Å². The molecule has 0 aromatic carbocycles. The molecule has 0 rings (SSSR count). The Kier molecular flexibility index (Phi) is 22.4. The summed E-state index contributed by atoms with van der Waals surface area (Å²) < 4.78 is 5.73. The van der Waals surface area contributed by atoms with Crippen LogP contribution in [0.4, 0.5) is 0 Å². The molecule has 5 heteroatoms. The van der Waals surface area contributed by atoms with Crippen molar-refractivity contribution in [3.8, 4) is 0 Å². The van der Waals surface area contributed by atoms with E-state index in [0.717, 1.165) is 38.5 Å². The summed E-state index contributed by atoms with van der Waals surface area (Å²) in [6.07, 6.45) is 8.45. The van der Waals surface area contributed by atoms with E-state index in [1.54, 1.807) is 0 Å². The molecule has 0 aliphatic heterocycles. The largest absolute Gasteiger partial charge is 0.661 e. The minimum atomic E-state index is 0. The molecule has 0 N–H and O–H groups in total. The maximum atomic E-state index is 9.83. The number of hydrogen-bond acceptors (Lipinski definition) is 3. The molecule has 0 heterocycles. The van der Waals surface area contributed by atoms with Crippen molar-refractivity contribution in [2.24, 2.45) is 11.1 Å². The van der Waals surface area contributed by atoms with Crippen LogP contribution in [-0.4, -0.2) is 32.8 Å². The molecule has 0 radical (unpaired) electrons. The number of ether oxygens (including phenoxy) is 1. The molecular formula is C15H31N2O2U-. The van der Waals surface area contributed by atoms with Gasteiger partial charge in [-0.25, -0.2) is 0 Å². The Bertz CT molecular complexity index is 195. The zero-order valence-corrected chi connectivity index (χ0v) is 17.4. The van der Waals surface area contributed by atoms with Crippen LogP contribution in [0.15, 0.2) is 5.18 Å². The molecule has 0 fully saturated rings. The number of nitroso groups, excluding NO2 is 1. The molecule has 118 valence electrons. The fraction of sp³-hybridized carbons (Fsp3) is 1.00. The smallest absolute Gasteiger partial charge is 0.0624 e. The fourth-order valence-electron chi connectivity index (χ4n) is 2.07. The zero-order valence-electron chi connectivity index (χ0n) is 13.3.